The van der Waals surface area contributed by atoms with E-state index in [0.29, 0.717) is 24.6 Å². The first-order valence-electron chi connectivity index (χ1n) is 8.77. The Morgan fingerprint density at radius 3 is 2.58 bits per heavy atom. The van der Waals surface area contributed by atoms with E-state index in [-0.39, 0.29) is 11.9 Å². The SMILES string of the molecule is CCc1ccc(-c2noc(CCC(=O)N[C@@H](C)c3ccncc3)n2)cc1. The van der Waals surface area contributed by atoms with E-state index in [0.717, 1.165) is 17.5 Å². The Morgan fingerprint density at radius 1 is 1.15 bits per heavy atom. The topological polar surface area (TPSA) is 80.9 Å². The lowest BCUT2D eigenvalue weighted by Gasteiger charge is -2.13. The predicted octanol–water partition coefficient (Wildman–Crippen LogP) is 3.50. The van der Waals surface area contributed by atoms with Crippen molar-refractivity contribution in [1.82, 2.24) is 20.4 Å². The number of carbonyl (C=O) groups excluding carboxylic acids is 1. The van der Waals surface area contributed by atoms with E-state index in [4.69, 9.17) is 4.52 Å². The Bertz CT molecular complexity index is 844. The summed E-state index contributed by atoms with van der Waals surface area (Å²) in [7, 11) is 0. The summed E-state index contributed by atoms with van der Waals surface area (Å²) in [5.74, 6) is 0.959. The second-order valence-corrected chi connectivity index (χ2v) is 6.13. The number of rotatable bonds is 7. The molecule has 1 atom stereocenters. The van der Waals surface area contributed by atoms with Gasteiger partial charge in [-0.3, -0.25) is 9.78 Å². The fourth-order valence-electron chi connectivity index (χ4n) is 2.63. The third kappa shape index (κ3) is 4.53. The molecule has 0 radical (unpaired) electrons. The van der Waals surface area contributed by atoms with Crippen LogP contribution in [0.2, 0.25) is 0 Å². The van der Waals surface area contributed by atoms with E-state index >= 15 is 0 Å². The highest BCUT2D eigenvalue weighted by Gasteiger charge is 2.13. The van der Waals surface area contributed by atoms with Gasteiger partial charge in [0.25, 0.3) is 0 Å². The monoisotopic (exact) mass is 350 g/mol. The van der Waals surface area contributed by atoms with Gasteiger partial charge >= 0.3 is 0 Å². The summed E-state index contributed by atoms with van der Waals surface area (Å²) in [6.07, 6.45) is 5.13. The molecule has 3 aromatic rings. The van der Waals surface area contributed by atoms with Crippen LogP contribution in [0.4, 0.5) is 0 Å². The van der Waals surface area contributed by atoms with Crippen LogP contribution >= 0.6 is 0 Å². The molecule has 1 N–H and O–H groups in total. The smallest absolute Gasteiger partial charge is 0.227 e. The first-order chi connectivity index (χ1) is 12.7. The minimum absolute atomic E-state index is 0.0543. The lowest BCUT2D eigenvalue weighted by Crippen LogP contribution is -2.26. The predicted molar refractivity (Wildman–Crippen MR) is 98.2 cm³/mol. The molecule has 0 bridgehead atoms. The molecule has 2 heterocycles. The molecule has 0 unspecified atom stereocenters. The zero-order chi connectivity index (χ0) is 18.4. The van der Waals surface area contributed by atoms with E-state index in [2.05, 4.69) is 39.5 Å². The first kappa shape index (κ1) is 17.8. The molecule has 0 aliphatic heterocycles. The Kier molecular flexibility index (Phi) is 5.73. The van der Waals surface area contributed by atoms with Crippen molar-refractivity contribution in [1.29, 1.82) is 0 Å². The van der Waals surface area contributed by atoms with Crippen LogP contribution in [0, 0.1) is 0 Å². The fraction of sp³-hybridized carbons (Fsp3) is 0.300. The summed E-state index contributed by atoms with van der Waals surface area (Å²) in [6.45, 7) is 4.06. The molecule has 6 heteroatoms. The van der Waals surface area contributed by atoms with Crippen molar-refractivity contribution in [2.75, 3.05) is 0 Å². The van der Waals surface area contributed by atoms with Crippen LogP contribution < -0.4 is 5.32 Å². The van der Waals surface area contributed by atoms with Gasteiger partial charge in [-0.15, -0.1) is 0 Å². The number of nitrogens with zero attached hydrogens (tertiary/aromatic N) is 3. The molecule has 0 fully saturated rings. The summed E-state index contributed by atoms with van der Waals surface area (Å²) in [5, 5.41) is 6.96. The minimum atomic E-state index is -0.0687. The Morgan fingerprint density at radius 2 is 1.88 bits per heavy atom. The highest BCUT2D eigenvalue weighted by molar-refractivity contribution is 5.76. The number of pyridine rings is 1. The van der Waals surface area contributed by atoms with Crippen molar-refractivity contribution in [3.63, 3.8) is 0 Å². The summed E-state index contributed by atoms with van der Waals surface area (Å²) in [5.41, 5.74) is 3.19. The van der Waals surface area contributed by atoms with Gasteiger partial charge in [-0.05, 0) is 36.6 Å². The molecule has 0 saturated heterocycles. The zero-order valence-electron chi connectivity index (χ0n) is 15.0. The maximum atomic E-state index is 12.1. The molecule has 0 spiro atoms. The largest absolute Gasteiger partial charge is 0.350 e. The number of benzene rings is 1. The van der Waals surface area contributed by atoms with Crippen molar-refractivity contribution in [3.8, 4) is 11.4 Å². The third-order valence-electron chi connectivity index (χ3n) is 4.24. The molecule has 1 aromatic carbocycles. The van der Waals surface area contributed by atoms with Crippen LogP contribution in [0.15, 0.2) is 53.3 Å². The van der Waals surface area contributed by atoms with Crippen LogP contribution in [0.3, 0.4) is 0 Å². The summed E-state index contributed by atoms with van der Waals surface area (Å²) in [4.78, 5) is 20.5. The molecule has 6 nitrogen and oxygen atoms in total. The van der Waals surface area contributed by atoms with Crippen LogP contribution in [0.5, 0.6) is 0 Å². The van der Waals surface area contributed by atoms with Gasteiger partial charge in [0.15, 0.2) is 0 Å². The average molecular weight is 350 g/mol. The maximum Gasteiger partial charge on any atom is 0.227 e. The maximum absolute atomic E-state index is 12.1. The number of hydrogen-bond donors (Lipinski definition) is 1. The number of amides is 1. The second-order valence-electron chi connectivity index (χ2n) is 6.13. The quantitative estimate of drug-likeness (QED) is 0.705. The molecular formula is C20H22N4O2. The molecule has 0 aliphatic carbocycles. The van der Waals surface area contributed by atoms with E-state index in [1.165, 1.54) is 5.56 Å². The molecule has 134 valence electrons. The standard InChI is InChI=1S/C20H22N4O2/c1-3-15-4-6-17(7-5-15)20-23-19(26-24-20)9-8-18(25)22-14(2)16-10-12-21-13-11-16/h4-7,10-14H,3,8-9H2,1-2H3,(H,22,25)/t14-/m0/s1. The average Bonchev–Trinajstić information content (AvgIpc) is 3.16. The zero-order valence-corrected chi connectivity index (χ0v) is 15.0. The highest BCUT2D eigenvalue weighted by atomic mass is 16.5. The van der Waals surface area contributed by atoms with Gasteiger partial charge in [0.1, 0.15) is 0 Å². The van der Waals surface area contributed by atoms with Gasteiger partial charge in [-0.25, -0.2) is 0 Å². The number of hydrogen-bond acceptors (Lipinski definition) is 5. The lowest BCUT2D eigenvalue weighted by atomic mass is 10.1. The van der Waals surface area contributed by atoms with Crippen LogP contribution in [-0.4, -0.2) is 21.0 Å². The van der Waals surface area contributed by atoms with E-state index in [1.807, 2.05) is 31.2 Å². The Hall–Kier alpha value is -3.02. The molecule has 2 aromatic heterocycles. The van der Waals surface area contributed by atoms with Gasteiger partial charge in [0.2, 0.25) is 17.6 Å². The van der Waals surface area contributed by atoms with Crippen molar-refractivity contribution in [2.24, 2.45) is 0 Å². The van der Waals surface area contributed by atoms with Crippen LogP contribution in [0.1, 0.15) is 43.3 Å². The van der Waals surface area contributed by atoms with E-state index in [1.54, 1.807) is 12.4 Å². The van der Waals surface area contributed by atoms with E-state index < -0.39 is 0 Å². The van der Waals surface area contributed by atoms with Gasteiger partial charge in [-0.2, -0.15) is 4.98 Å². The Labute approximate surface area is 152 Å². The van der Waals surface area contributed by atoms with Crippen molar-refractivity contribution >= 4 is 5.91 Å². The van der Waals surface area contributed by atoms with Gasteiger partial charge in [-0.1, -0.05) is 36.3 Å². The van der Waals surface area contributed by atoms with Gasteiger partial charge in [0.05, 0.1) is 6.04 Å². The molecule has 0 saturated carbocycles. The normalized spacial score (nSPS) is 11.9. The highest BCUT2D eigenvalue weighted by Crippen LogP contribution is 2.17. The van der Waals surface area contributed by atoms with Gasteiger partial charge in [0, 0.05) is 30.8 Å². The Balaban J connectivity index is 1.53. The van der Waals surface area contributed by atoms with Crippen LogP contribution in [0.25, 0.3) is 11.4 Å². The first-order valence-corrected chi connectivity index (χ1v) is 8.77. The molecule has 3 rings (SSSR count). The summed E-state index contributed by atoms with van der Waals surface area (Å²) in [6, 6.07) is 11.8. The number of carbonyl (C=O) groups is 1. The van der Waals surface area contributed by atoms with Gasteiger partial charge < -0.3 is 9.84 Å². The van der Waals surface area contributed by atoms with Crippen molar-refractivity contribution < 1.29 is 9.32 Å². The summed E-state index contributed by atoms with van der Waals surface area (Å²) < 4.78 is 5.27. The molecular weight excluding hydrogens is 328 g/mol. The molecule has 26 heavy (non-hydrogen) atoms. The number of nitrogens with one attached hydrogen (secondary N) is 1. The molecule has 0 aliphatic rings. The lowest BCUT2D eigenvalue weighted by molar-refractivity contribution is -0.121. The second kappa shape index (κ2) is 8.38. The summed E-state index contributed by atoms with van der Waals surface area (Å²) >= 11 is 0. The van der Waals surface area contributed by atoms with Crippen LogP contribution in [-0.2, 0) is 17.6 Å². The van der Waals surface area contributed by atoms with Crippen molar-refractivity contribution in [3.05, 3.63) is 65.8 Å². The fourth-order valence-corrected chi connectivity index (χ4v) is 2.63. The van der Waals surface area contributed by atoms with Crippen molar-refractivity contribution in [2.45, 2.75) is 39.2 Å². The number of aryl methyl sites for hydroxylation is 2. The number of aromatic nitrogens is 3. The minimum Gasteiger partial charge on any atom is -0.350 e. The third-order valence-corrected chi connectivity index (χ3v) is 4.24. The molecule has 1 amide bonds. The van der Waals surface area contributed by atoms with E-state index in [9.17, 15) is 4.79 Å².